The predicted molar refractivity (Wildman–Crippen MR) is 66.9 cm³/mol. The number of halogens is 1. The molecule has 1 aromatic carbocycles. The lowest BCUT2D eigenvalue weighted by molar-refractivity contribution is 0.484. The zero-order chi connectivity index (χ0) is 11.5. The molecule has 0 unspecified atom stereocenters. The Kier molecular flexibility index (Phi) is 3.10. The molecule has 0 aromatic heterocycles. The maximum Gasteiger partial charge on any atom is 0.211 e. The Balaban J connectivity index is 2.28. The number of rotatable bonds is 1. The van der Waals surface area contributed by atoms with Crippen LogP contribution in [0.1, 0.15) is 12.0 Å². The molecular formula is C11H13ClN4. The summed E-state index contributed by atoms with van der Waals surface area (Å²) in [5, 5.41) is 6.81. The molecule has 1 aromatic rings. The Morgan fingerprint density at radius 3 is 2.94 bits per heavy atom. The molecule has 0 saturated heterocycles. The summed E-state index contributed by atoms with van der Waals surface area (Å²) in [6.45, 7) is 0.754. The third-order valence-electron chi connectivity index (χ3n) is 2.48. The molecule has 1 heterocycles. The molecule has 0 amide bonds. The summed E-state index contributed by atoms with van der Waals surface area (Å²) in [6, 6.07) is 7.67. The van der Waals surface area contributed by atoms with E-state index in [-0.39, 0.29) is 0 Å². The lowest BCUT2D eigenvalue weighted by atomic mass is 10.1. The highest BCUT2D eigenvalue weighted by molar-refractivity contribution is 6.34. The number of hydrogen-bond acceptors (Lipinski definition) is 2. The van der Waals surface area contributed by atoms with Crippen molar-refractivity contribution in [2.45, 2.75) is 6.42 Å². The van der Waals surface area contributed by atoms with Gasteiger partial charge in [0.15, 0.2) is 0 Å². The molecule has 1 aliphatic heterocycles. The van der Waals surface area contributed by atoms with E-state index in [1.54, 1.807) is 12.1 Å². The summed E-state index contributed by atoms with van der Waals surface area (Å²) in [6.07, 6.45) is 0.833. The minimum Gasteiger partial charge on any atom is -0.368 e. The molecule has 0 radical (unpaired) electrons. The van der Waals surface area contributed by atoms with Gasteiger partial charge in [0.05, 0.1) is 12.3 Å². The first-order valence-electron chi connectivity index (χ1n) is 5.04. The zero-order valence-corrected chi connectivity index (χ0v) is 9.78. The summed E-state index contributed by atoms with van der Waals surface area (Å²) in [5.74, 6) is 0.432. The molecule has 0 aliphatic carbocycles. The van der Waals surface area contributed by atoms with Crippen LogP contribution in [0.3, 0.4) is 0 Å². The van der Waals surface area contributed by atoms with Crippen LogP contribution in [0.5, 0.6) is 0 Å². The highest BCUT2D eigenvalue weighted by Crippen LogP contribution is 2.20. The van der Waals surface area contributed by atoms with Crippen LogP contribution in [0.15, 0.2) is 34.4 Å². The molecule has 84 valence electrons. The zero-order valence-electron chi connectivity index (χ0n) is 9.02. The van der Waals surface area contributed by atoms with Crippen molar-refractivity contribution in [2.75, 3.05) is 13.6 Å². The van der Waals surface area contributed by atoms with E-state index in [2.05, 4.69) is 10.1 Å². The molecular weight excluding hydrogens is 224 g/mol. The van der Waals surface area contributed by atoms with Gasteiger partial charge in [0.1, 0.15) is 0 Å². The van der Waals surface area contributed by atoms with Crippen LogP contribution in [0.4, 0.5) is 0 Å². The van der Waals surface area contributed by atoms with E-state index < -0.39 is 0 Å². The average molecular weight is 237 g/mol. The van der Waals surface area contributed by atoms with E-state index in [4.69, 9.17) is 17.3 Å². The van der Waals surface area contributed by atoms with Crippen LogP contribution in [-0.4, -0.2) is 30.3 Å². The standard InChI is InChI=1S/C11H13ClN4/c1-14-11(13)16-7-6-10(15-16)8-4-2-3-5-9(8)12/h2-5H,6-7H2,1H3,(H2,13,14). The SMILES string of the molecule is CN=C(N)N1CCC(c2ccccc2Cl)=N1. The second-order valence-electron chi connectivity index (χ2n) is 3.48. The second kappa shape index (κ2) is 4.53. The number of nitrogens with zero attached hydrogens (tertiary/aromatic N) is 3. The number of aliphatic imine (C=N–C) groups is 1. The molecule has 0 atom stereocenters. The van der Waals surface area contributed by atoms with E-state index in [1.165, 1.54) is 0 Å². The van der Waals surface area contributed by atoms with Crippen molar-refractivity contribution < 1.29 is 0 Å². The smallest absolute Gasteiger partial charge is 0.211 e. The molecule has 4 nitrogen and oxygen atoms in total. The van der Waals surface area contributed by atoms with E-state index in [9.17, 15) is 0 Å². The number of hydrogen-bond donors (Lipinski definition) is 1. The number of benzene rings is 1. The molecule has 0 saturated carbocycles. The van der Waals surface area contributed by atoms with Crippen LogP contribution in [0, 0.1) is 0 Å². The van der Waals surface area contributed by atoms with Crippen LogP contribution >= 0.6 is 11.6 Å². The van der Waals surface area contributed by atoms with E-state index in [0.29, 0.717) is 5.96 Å². The number of hydrazone groups is 1. The van der Waals surface area contributed by atoms with Gasteiger partial charge in [-0.25, -0.2) is 5.01 Å². The van der Waals surface area contributed by atoms with Crippen LogP contribution in [-0.2, 0) is 0 Å². The summed E-state index contributed by atoms with van der Waals surface area (Å²) < 4.78 is 0. The first-order valence-corrected chi connectivity index (χ1v) is 5.42. The van der Waals surface area contributed by atoms with Gasteiger partial charge in [-0.3, -0.25) is 4.99 Å². The van der Waals surface area contributed by atoms with Crippen LogP contribution in [0.25, 0.3) is 0 Å². The van der Waals surface area contributed by atoms with Crippen molar-refractivity contribution in [1.29, 1.82) is 0 Å². The molecule has 0 fully saturated rings. The Morgan fingerprint density at radius 1 is 1.50 bits per heavy atom. The second-order valence-corrected chi connectivity index (χ2v) is 3.89. The topological polar surface area (TPSA) is 54.0 Å². The Hall–Kier alpha value is -1.55. The summed E-state index contributed by atoms with van der Waals surface area (Å²) in [7, 11) is 1.65. The minimum absolute atomic E-state index is 0.432. The molecule has 2 N–H and O–H groups in total. The first kappa shape index (κ1) is 11.0. The van der Waals surface area contributed by atoms with Crippen molar-refractivity contribution in [3.63, 3.8) is 0 Å². The first-order chi connectivity index (χ1) is 7.72. The van der Waals surface area contributed by atoms with Gasteiger partial charge in [-0.15, -0.1) is 0 Å². The van der Waals surface area contributed by atoms with Gasteiger partial charge in [0.25, 0.3) is 0 Å². The maximum atomic E-state index is 6.10. The molecule has 16 heavy (non-hydrogen) atoms. The molecule has 2 rings (SSSR count). The van der Waals surface area contributed by atoms with Gasteiger partial charge in [0.2, 0.25) is 5.96 Å². The third kappa shape index (κ3) is 2.02. The van der Waals surface area contributed by atoms with Gasteiger partial charge in [-0.1, -0.05) is 29.8 Å². The predicted octanol–water partition coefficient (Wildman–Crippen LogP) is 1.69. The highest BCUT2D eigenvalue weighted by atomic mass is 35.5. The van der Waals surface area contributed by atoms with Crippen LogP contribution < -0.4 is 5.73 Å². The largest absolute Gasteiger partial charge is 0.368 e. The number of guanidine groups is 1. The fraction of sp³-hybridized carbons (Fsp3) is 0.273. The van der Waals surface area contributed by atoms with Crippen molar-refractivity contribution in [1.82, 2.24) is 5.01 Å². The Morgan fingerprint density at radius 2 is 2.25 bits per heavy atom. The third-order valence-corrected chi connectivity index (χ3v) is 2.81. The molecule has 5 heteroatoms. The highest BCUT2D eigenvalue weighted by Gasteiger charge is 2.19. The average Bonchev–Trinajstić information content (AvgIpc) is 2.78. The van der Waals surface area contributed by atoms with E-state index in [1.807, 2.05) is 24.3 Å². The Bertz CT molecular complexity index is 453. The van der Waals surface area contributed by atoms with Crippen molar-refractivity contribution in [3.8, 4) is 0 Å². The quantitative estimate of drug-likeness (QED) is 0.596. The fourth-order valence-electron chi connectivity index (χ4n) is 1.62. The molecule has 1 aliphatic rings. The molecule has 0 bridgehead atoms. The van der Waals surface area contributed by atoms with E-state index in [0.717, 1.165) is 29.3 Å². The lowest BCUT2D eigenvalue weighted by Gasteiger charge is -2.10. The summed E-state index contributed by atoms with van der Waals surface area (Å²) in [4.78, 5) is 3.90. The maximum absolute atomic E-state index is 6.10. The Labute approximate surface area is 99.4 Å². The minimum atomic E-state index is 0.432. The van der Waals surface area contributed by atoms with Gasteiger partial charge >= 0.3 is 0 Å². The van der Waals surface area contributed by atoms with Crippen molar-refractivity contribution in [2.24, 2.45) is 15.8 Å². The van der Waals surface area contributed by atoms with Crippen molar-refractivity contribution in [3.05, 3.63) is 34.9 Å². The normalized spacial score (nSPS) is 16.5. The summed E-state index contributed by atoms with van der Waals surface area (Å²) >= 11 is 6.10. The molecule has 0 spiro atoms. The lowest BCUT2D eigenvalue weighted by Crippen LogP contribution is -2.31. The monoisotopic (exact) mass is 236 g/mol. The van der Waals surface area contributed by atoms with Gasteiger partial charge in [0, 0.05) is 24.1 Å². The van der Waals surface area contributed by atoms with Gasteiger partial charge < -0.3 is 5.73 Å². The van der Waals surface area contributed by atoms with Gasteiger partial charge in [-0.2, -0.15) is 5.10 Å². The number of nitrogens with two attached hydrogens (primary N) is 1. The van der Waals surface area contributed by atoms with Gasteiger partial charge in [-0.05, 0) is 6.07 Å². The fourth-order valence-corrected chi connectivity index (χ4v) is 1.87. The van der Waals surface area contributed by atoms with Crippen molar-refractivity contribution >= 4 is 23.3 Å². The van der Waals surface area contributed by atoms with Crippen LogP contribution in [0.2, 0.25) is 5.02 Å². The van der Waals surface area contributed by atoms with E-state index >= 15 is 0 Å². The summed E-state index contributed by atoms with van der Waals surface area (Å²) in [5.41, 5.74) is 7.62.